The summed E-state index contributed by atoms with van der Waals surface area (Å²) in [4.78, 5) is 0. The van der Waals surface area contributed by atoms with Gasteiger partial charge in [-0.25, -0.2) is 0 Å². The van der Waals surface area contributed by atoms with Crippen LogP contribution in [0.15, 0.2) is 39.3 Å². The van der Waals surface area contributed by atoms with Crippen molar-refractivity contribution in [1.82, 2.24) is 0 Å². The standard InChI is InChI=1S/C17H18Br2O2/c1-10-7-14(19)11(2)16(17(10)21-3)15(20)9-12-5-4-6-13(18)8-12/h4-8,15,20H,9H2,1-3H3. The SMILES string of the molecule is COc1c(C)cc(Br)c(C)c1C(O)Cc1cccc(Br)c1. The fourth-order valence-corrected chi connectivity index (χ4v) is 3.54. The number of rotatable bonds is 4. The van der Waals surface area contributed by atoms with Gasteiger partial charge < -0.3 is 9.84 Å². The van der Waals surface area contributed by atoms with Gasteiger partial charge in [-0.3, -0.25) is 0 Å². The van der Waals surface area contributed by atoms with Gasteiger partial charge in [-0.2, -0.15) is 0 Å². The highest BCUT2D eigenvalue weighted by Gasteiger charge is 2.20. The smallest absolute Gasteiger partial charge is 0.127 e. The molecule has 2 aromatic rings. The van der Waals surface area contributed by atoms with E-state index in [0.29, 0.717) is 6.42 Å². The molecule has 0 bridgehead atoms. The third kappa shape index (κ3) is 3.68. The van der Waals surface area contributed by atoms with Crippen molar-refractivity contribution in [3.05, 3.63) is 61.5 Å². The molecule has 0 aromatic heterocycles. The Balaban J connectivity index is 2.41. The van der Waals surface area contributed by atoms with E-state index in [4.69, 9.17) is 4.74 Å². The van der Waals surface area contributed by atoms with Crippen molar-refractivity contribution in [3.63, 3.8) is 0 Å². The molecule has 0 saturated carbocycles. The number of hydrogen-bond donors (Lipinski definition) is 1. The lowest BCUT2D eigenvalue weighted by Crippen LogP contribution is -2.08. The first-order valence-electron chi connectivity index (χ1n) is 6.70. The second-order valence-electron chi connectivity index (χ2n) is 5.10. The van der Waals surface area contributed by atoms with E-state index in [2.05, 4.69) is 31.9 Å². The summed E-state index contributed by atoms with van der Waals surface area (Å²) in [6.45, 7) is 3.98. The molecule has 1 unspecified atom stereocenters. The Bertz CT molecular complexity index is 653. The zero-order chi connectivity index (χ0) is 15.6. The van der Waals surface area contributed by atoms with Gasteiger partial charge in [0, 0.05) is 20.9 Å². The van der Waals surface area contributed by atoms with Crippen molar-refractivity contribution in [2.75, 3.05) is 7.11 Å². The molecule has 0 fully saturated rings. The molecule has 0 aliphatic carbocycles. The molecule has 112 valence electrons. The van der Waals surface area contributed by atoms with Gasteiger partial charge in [0.15, 0.2) is 0 Å². The quantitative estimate of drug-likeness (QED) is 0.754. The summed E-state index contributed by atoms with van der Waals surface area (Å²) < 4.78 is 7.51. The predicted octanol–water partition coefficient (Wildman–Crippen LogP) is 5.11. The Labute approximate surface area is 142 Å². The van der Waals surface area contributed by atoms with Crippen LogP contribution >= 0.6 is 31.9 Å². The van der Waals surface area contributed by atoms with Gasteiger partial charge in [-0.15, -0.1) is 0 Å². The monoisotopic (exact) mass is 412 g/mol. The zero-order valence-electron chi connectivity index (χ0n) is 12.3. The molecule has 1 N–H and O–H groups in total. The average Bonchev–Trinajstić information content (AvgIpc) is 2.42. The first-order chi connectivity index (χ1) is 9.93. The van der Waals surface area contributed by atoms with Crippen molar-refractivity contribution in [3.8, 4) is 5.75 Å². The highest BCUT2D eigenvalue weighted by molar-refractivity contribution is 9.10. The zero-order valence-corrected chi connectivity index (χ0v) is 15.5. The van der Waals surface area contributed by atoms with Crippen molar-refractivity contribution in [1.29, 1.82) is 0 Å². The molecular formula is C17H18Br2O2. The molecule has 0 saturated heterocycles. The summed E-state index contributed by atoms with van der Waals surface area (Å²) in [5.74, 6) is 0.762. The van der Waals surface area contributed by atoms with Gasteiger partial charge in [0.2, 0.25) is 0 Å². The molecular weight excluding hydrogens is 396 g/mol. The fourth-order valence-electron chi connectivity index (χ4n) is 2.54. The van der Waals surface area contributed by atoms with E-state index in [1.165, 1.54) is 0 Å². The lowest BCUT2D eigenvalue weighted by Gasteiger charge is -2.20. The van der Waals surface area contributed by atoms with Gasteiger partial charge in [0.05, 0.1) is 13.2 Å². The Hall–Kier alpha value is -0.840. The number of halogens is 2. The minimum absolute atomic E-state index is 0.548. The fraction of sp³-hybridized carbons (Fsp3) is 0.294. The number of ether oxygens (including phenoxy) is 1. The number of aliphatic hydroxyl groups is 1. The minimum Gasteiger partial charge on any atom is -0.496 e. The van der Waals surface area contributed by atoms with Crippen molar-refractivity contribution in [2.24, 2.45) is 0 Å². The van der Waals surface area contributed by atoms with Gasteiger partial charge in [-0.1, -0.05) is 44.0 Å². The average molecular weight is 414 g/mol. The van der Waals surface area contributed by atoms with Crippen LogP contribution in [0.2, 0.25) is 0 Å². The largest absolute Gasteiger partial charge is 0.496 e. The van der Waals surface area contributed by atoms with E-state index in [1.54, 1.807) is 7.11 Å². The molecule has 4 heteroatoms. The summed E-state index contributed by atoms with van der Waals surface area (Å²) in [5, 5.41) is 10.7. The van der Waals surface area contributed by atoms with Crippen molar-refractivity contribution in [2.45, 2.75) is 26.4 Å². The maximum atomic E-state index is 10.7. The Kier molecular flexibility index (Phi) is 5.47. The third-order valence-electron chi connectivity index (χ3n) is 3.56. The highest BCUT2D eigenvalue weighted by atomic mass is 79.9. The maximum absolute atomic E-state index is 10.7. The number of hydrogen-bond acceptors (Lipinski definition) is 2. The Morgan fingerprint density at radius 2 is 1.90 bits per heavy atom. The molecule has 0 heterocycles. The van der Waals surface area contributed by atoms with Crippen LogP contribution in [-0.2, 0) is 6.42 Å². The maximum Gasteiger partial charge on any atom is 0.127 e. The van der Waals surface area contributed by atoms with Gasteiger partial charge in [0.1, 0.15) is 5.75 Å². The van der Waals surface area contributed by atoms with E-state index in [0.717, 1.165) is 36.9 Å². The number of benzene rings is 2. The number of methoxy groups -OCH3 is 1. The second-order valence-corrected chi connectivity index (χ2v) is 6.87. The second kappa shape index (κ2) is 6.95. The molecule has 1 atom stereocenters. The molecule has 2 rings (SSSR count). The normalized spacial score (nSPS) is 12.3. The van der Waals surface area contributed by atoms with Crippen LogP contribution in [0.3, 0.4) is 0 Å². The van der Waals surface area contributed by atoms with Crippen LogP contribution in [0.4, 0.5) is 0 Å². The molecule has 0 radical (unpaired) electrons. The first-order valence-corrected chi connectivity index (χ1v) is 8.28. The predicted molar refractivity (Wildman–Crippen MR) is 93.0 cm³/mol. The summed E-state index contributed by atoms with van der Waals surface area (Å²) in [5.41, 5.74) is 3.96. The van der Waals surface area contributed by atoms with Crippen LogP contribution in [0.25, 0.3) is 0 Å². The van der Waals surface area contributed by atoms with E-state index in [1.807, 2.05) is 44.2 Å². The van der Waals surface area contributed by atoms with Crippen molar-refractivity contribution < 1.29 is 9.84 Å². The van der Waals surface area contributed by atoms with Gasteiger partial charge in [0.25, 0.3) is 0 Å². The molecule has 0 aliphatic heterocycles. The summed E-state index contributed by atoms with van der Waals surface area (Å²) >= 11 is 7.01. The van der Waals surface area contributed by atoms with E-state index < -0.39 is 6.10 Å². The Morgan fingerprint density at radius 1 is 1.19 bits per heavy atom. The van der Waals surface area contributed by atoms with Crippen LogP contribution < -0.4 is 4.74 Å². The number of aliphatic hydroxyl groups excluding tert-OH is 1. The third-order valence-corrected chi connectivity index (χ3v) is 4.88. The molecule has 2 aromatic carbocycles. The summed E-state index contributed by atoms with van der Waals surface area (Å²) in [6.07, 6.45) is -0.0579. The first kappa shape index (κ1) is 16.5. The van der Waals surface area contributed by atoms with Crippen LogP contribution in [0.1, 0.15) is 28.4 Å². The Morgan fingerprint density at radius 3 is 2.52 bits per heavy atom. The molecule has 0 spiro atoms. The van der Waals surface area contributed by atoms with Crippen molar-refractivity contribution >= 4 is 31.9 Å². The van der Waals surface area contributed by atoms with E-state index in [-0.39, 0.29) is 0 Å². The van der Waals surface area contributed by atoms with E-state index >= 15 is 0 Å². The lowest BCUT2D eigenvalue weighted by atomic mass is 9.95. The minimum atomic E-state index is -0.606. The van der Waals surface area contributed by atoms with Gasteiger partial charge in [-0.05, 0) is 48.7 Å². The van der Waals surface area contributed by atoms with Crippen LogP contribution in [-0.4, -0.2) is 12.2 Å². The van der Waals surface area contributed by atoms with Crippen LogP contribution in [0, 0.1) is 13.8 Å². The lowest BCUT2D eigenvalue weighted by molar-refractivity contribution is 0.173. The molecule has 2 nitrogen and oxygen atoms in total. The van der Waals surface area contributed by atoms with Crippen LogP contribution in [0.5, 0.6) is 5.75 Å². The highest BCUT2D eigenvalue weighted by Crippen LogP contribution is 2.37. The molecule has 0 aliphatic rings. The molecule has 21 heavy (non-hydrogen) atoms. The number of aryl methyl sites for hydroxylation is 1. The van der Waals surface area contributed by atoms with Gasteiger partial charge >= 0.3 is 0 Å². The molecule has 0 amide bonds. The van der Waals surface area contributed by atoms with E-state index in [9.17, 15) is 5.11 Å². The topological polar surface area (TPSA) is 29.5 Å². The summed E-state index contributed by atoms with van der Waals surface area (Å²) in [7, 11) is 1.64. The summed E-state index contributed by atoms with van der Waals surface area (Å²) in [6, 6.07) is 10.0.